The lowest BCUT2D eigenvalue weighted by atomic mass is 10.1. The van der Waals surface area contributed by atoms with Crippen LogP contribution in [0.5, 0.6) is 11.6 Å². The molecule has 3 aromatic rings. The highest BCUT2D eigenvalue weighted by Crippen LogP contribution is 2.34. The van der Waals surface area contributed by atoms with E-state index in [1.807, 2.05) is 76.3 Å². The summed E-state index contributed by atoms with van der Waals surface area (Å²) in [4.78, 5) is 2.24. The molecule has 2 atom stereocenters. The van der Waals surface area contributed by atoms with Gasteiger partial charge in [0, 0.05) is 38.9 Å². The quantitative estimate of drug-likeness (QED) is 0.404. The summed E-state index contributed by atoms with van der Waals surface area (Å²) in [5.74, 6) is 1.45. The van der Waals surface area contributed by atoms with Crippen molar-refractivity contribution in [3.8, 4) is 22.9 Å². The smallest absolute Gasteiger partial charge is 0.222 e. The molecule has 0 radical (unpaired) electrons. The minimum atomic E-state index is -0.624. The van der Waals surface area contributed by atoms with Crippen LogP contribution in [0.3, 0.4) is 0 Å². The third-order valence-corrected chi connectivity index (χ3v) is 6.14. The Labute approximate surface area is 214 Å². The Hall–Kier alpha value is -2.71. The number of hydrogen-bond acceptors (Lipinski definition) is 6. The van der Waals surface area contributed by atoms with Crippen molar-refractivity contribution in [1.82, 2.24) is 14.7 Å². The molecule has 7 heteroatoms. The number of aromatic nitrogens is 2. The molecule has 0 unspecified atom stereocenters. The summed E-state index contributed by atoms with van der Waals surface area (Å²) in [5, 5.41) is 15.7. The van der Waals surface area contributed by atoms with E-state index >= 15 is 0 Å². The van der Waals surface area contributed by atoms with Crippen molar-refractivity contribution >= 4 is 0 Å². The zero-order chi connectivity index (χ0) is 25.5. The van der Waals surface area contributed by atoms with Gasteiger partial charge in [0.05, 0.1) is 30.0 Å². The van der Waals surface area contributed by atoms with E-state index in [2.05, 4.69) is 17.0 Å². The second-order valence-corrected chi connectivity index (χ2v) is 10.4. The fourth-order valence-corrected chi connectivity index (χ4v) is 4.45. The number of para-hydroxylation sites is 1. The maximum Gasteiger partial charge on any atom is 0.222 e. The Balaban J connectivity index is 1.64. The predicted octanol–water partition coefficient (Wildman–Crippen LogP) is 5.04. The van der Waals surface area contributed by atoms with Gasteiger partial charge < -0.3 is 19.3 Å². The predicted molar refractivity (Wildman–Crippen MR) is 141 cm³/mol. The van der Waals surface area contributed by atoms with E-state index in [-0.39, 0.29) is 18.3 Å². The molecule has 0 aliphatic carbocycles. The summed E-state index contributed by atoms with van der Waals surface area (Å²) < 4.78 is 20.0. The normalized spacial score (nSPS) is 17.0. The van der Waals surface area contributed by atoms with Gasteiger partial charge in [-0.25, -0.2) is 4.68 Å². The molecule has 7 nitrogen and oxygen atoms in total. The lowest BCUT2D eigenvalue weighted by Gasteiger charge is -2.29. The fraction of sp³-hybridized carbons (Fsp3) is 0.483. The first kappa shape index (κ1) is 26.4. The molecule has 0 saturated carbocycles. The molecule has 1 aliphatic rings. The van der Waals surface area contributed by atoms with Crippen molar-refractivity contribution in [3.05, 3.63) is 66.2 Å². The van der Waals surface area contributed by atoms with Crippen molar-refractivity contribution in [2.24, 2.45) is 7.05 Å². The van der Waals surface area contributed by atoms with Crippen LogP contribution in [0.15, 0.2) is 60.7 Å². The van der Waals surface area contributed by atoms with Crippen molar-refractivity contribution < 1.29 is 19.3 Å². The van der Waals surface area contributed by atoms with Crippen LogP contribution in [0.4, 0.5) is 0 Å². The summed E-state index contributed by atoms with van der Waals surface area (Å²) in [6, 6.07) is 19.9. The number of aliphatic hydroxyl groups excluding tert-OH is 1. The monoisotopic (exact) mass is 493 g/mol. The maximum absolute atomic E-state index is 10.9. The molecule has 0 bridgehead atoms. The lowest BCUT2D eigenvalue weighted by molar-refractivity contribution is -0.0594. The molecule has 0 spiro atoms. The molecule has 2 heterocycles. The highest BCUT2D eigenvalue weighted by molar-refractivity contribution is 5.65. The van der Waals surface area contributed by atoms with Crippen molar-refractivity contribution in [2.45, 2.75) is 58.0 Å². The number of hydrogen-bond donors (Lipinski definition) is 1. The minimum Gasteiger partial charge on any atom is -0.439 e. The molecular formula is C29H39N3O4. The number of nitrogens with zero attached hydrogens (tertiary/aromatic N) is 3. The zero-order valence-corrected chi connectivity index (χ0v) is 21.9. The van der Waals surface area contributed by atoms with Gasteiger partial charge in [-0.15, -0.1) is 0 Å². The summed E-state index contributed by atoms with van der Waals surface area (Å²) in [5.41, 5.74) is 2.58. The fourth-order valence-electron chi connectivity index (χ4n) is 4.45. The molecule has 0 amide bonds. The molecule has 1 fully saturated rings. The number of ether oxygens (including phenoxy) is 3. The van der Waals surface area contributed by atoms with E-state index < -0.39 is 6.10 Å². The third-order valence-electron chi connectivity index (χ3n) is 6.14. The molecule has 36 heavy (non-hydrogen) atoms. The van der Waals surface area contributed by atoms with E-state index in [0.29, 0.717) is 19.0 Å². The number of aliphatic hydroxyl groups is 1. The molecule has 1 aliphatic heterocycles. The average Bonchev–Trinajstić information content (AvgIpc) is 3.47. The third kappa shape index (κ3) is 7.40. The first-order chi connectivity index (χ1) is 17.3. The summed E-state index contributed by atoms with van der Waals surface area (Å²) in [7, 11) is 1.91. The standard InChI is InChI=1S/C29H39N3O4/c1-29(2,3)35-21-23(33)18-32(19-25-16-11-17-34-25)20-26-27(22-12-7-5-8-13-22)30-31(4)28(26)36-24-14-9-6-10-15-24/h5-10,12-15,23,25,33H,11,16-21H2,1-4H3/t23-,25-/m1/s1. The average molecular weight is 494 g/mol. The van der Waals surface area contributed by atoms with Gasteiger partial charge in [-0.3, -0.25) is 4.90 Å². The second-order valence-electron chi connectivity index (χ2n) is 10.4. The maximum atomic E-state index is 10.9. The van der Waals surface area contributed by atoms with E-state index in [1.165, 1.54) is 0 Å². The Morgan fingerprint density at radius 2 is 1.81 bits per heavy atom. The highest BCUT2D eigenvalue weighted by Gasteiger charge is 2.27. The number of benzene rings is 2. The van der Waals surface area contributed by atoms with E-state index in [1.54, 1.807) is 4.68 Å². The molecule has 4 rings (SSSR count). The van der Waals surface area contributed by atoms with Gasteiger partial charge in [-0.05, 0) is 45.7 Å². The lowest BCUT2D eigenvalue weighted by Crippen LogP contribution is -2.40. The van der Waals surface area contributed by atoms with Gasteiger partial charge >= 0.3 is 0 Å². The van der Waals surface area contributed by atoms with Gasteiger partial charge in [-0.1, -0.05) is 48.5 Å². The van der Waals surface area contributed by atoms with Gasteiger partial charge in [0.1, 0.15) is 11.4 Å². The highest BCUT2D eigenvalue weighted by atomic mass is 16.5. The van der Waals surface area contributed by atoms with E-state index in [4.69, 9.17) is 19.3 Å². The first-order valence-electron chi connectivity index (χ1n) is 12.8. The molecular weight excluding hydrogens is 454 g/mol. The molecule has 1 saturated heterocycles. The van der Waals surface area contributed by atoms with Crippen LogP contribution in [0, 0.1) is 0 Å². The van der Waals surface area contributed by atoms with Crippen LogP contribution >= 0.6 is 0 Å². The Morgan fingerprint density at radius 1 is 1.11 bits per heavy atom. The van der Waals surface area contributed by atoms with Gasteiger partial charge in [0.15, 0.2) is 0 Å². The zero-order valence-electron chi connectivity index (χ0n) is 21.9. The van der Waals surface area contributed by atoms with Crippen LogP contribution in [0.2, 0.25) is 0 Å². The van der Waals surface area contributed by atoms with Crippen molar-refractivity contribution in [1.29, 1.82) is 0 Å². The Bertz CT molecular complexity index is 1070. The van der Waals surface area contributed by atoms with Crippen molar-refractivity contribution in [2.75, 3.05) is 26.3 Å². The molecule has 1 aromatic heterocycles. The molecule has 1 N–H and O–H groups in total. The first-order valence-corrected chi connectivity index (χ1v) is 12.8. The van der Waals surface area contributed by atoms with Crippen LogP contribution < -0.4 is 4.74 Å². The van der Waals surface area contributed by atoms with Crippen LogP contribution in [-0.4, -0.2) is 63.9 Å². The molecule has 194 valence electrons. The number of rotatable bonds is 11. The minimum absolute atomic E-state index is 0.149. The van der Waals surface area contributed by atoms with Crippen LogP contribution in [-0.2, 0) is 23.1 Å². The second kappa shape index (κ2) is 12.0. The van der Waals surface area contributed by atoms with E-state index in [0.717, 1.165) is 48.6 Å². The number of aryl methyl sites for hydroxylation is 1. The van der Waals surface area contributed by atoms with Gasteiger partial charge in [0.2, 0.25) is 5.88 Å². The van der Waals surface area contributed by atoms with E-state index in [9.17, 15) is 5.11 Å². The summed E-state index contributed by atoms with van der Waals surface area (Å²) in [6.45, 7) is 8.81. The van der Waals surface area contributed by atoms with Gasteiger partial charge in [-0.2, -0.15) is 5.10 Å². The Morgan fingerprint density at radius 3 is 2.44 bits per heavy atom. The topological polar surface area (TPSA) is 69.0 Å². The molecule has 2 aromatic carbocycles. The van der Waals surface area contributed by atoms with Crippen LogP contribution in [0.1, 0.15) is 39.2 Å². The Kier molecular flexibility index (Phi) is 8.80. The van der Waals surface area contributed by atoms with Crippen molar-refractivity contribution in [3.63, 3.8) is 0 Å². The van der Waals surface area contributed by atoms with Gasteiger partial charge in [0.25, 0.3) is 0 Å². The SMILES string of the molecule is Cn1nc(-c2ccccc2)c(CN(C[C@@H](O)COC(C)(C)C)C[C@H]2CCCO2)c1Oc1ccccc1. The van der Waals surface area contributed by atoms with Crippen LogP contribution in [0.25, 0.3) is 11.3 Å². The summed E-state index contributed by atoms with van der Waals surface area (Å²) in [6.07, 6.45) is 1.62. The largest absolute Gasteiger partial charge is 0.439 e. The summed E-state index contributed by atoms with van der Waals surface area (Å²) >= 11 is 0.